The number of fused-ring (bicyclic) bond motifs is 1. The summed E-state index contributed by atoms with van der Waals surface area (Å²) in [4.78, 5) is 18.6. The third-order valence-electron chi connectivity index (χ3n) is 5.88. The van der Waals surface area contributed by atoms with Gasteiger partial charge < -0.3 is 4.57 Å². The molecule has 0 aliphatic carbocycles. The van der Waals surface area contributed by atoms with Crippen LogP contribution in [0.1, 0.15) is 17.8 Å². The molecule has 6 heteroatoms. The first-order valence-corrected chi connectivity index (χ1v) is 11.0. The lowest BCUT2D eigenvalue weighted by Crippen LogP contribution is -2.04. The highest BCUT2D eigenvalue weighted by atomic mass is 15.1. The summed E-state index contributed by atoms with van der Waals surface area (Å²) in [5.41, 5.74) is 6.98. The zero-order chi connectivity index (χ0) is 22.2. The zero-order valence-electron chi connectivity index (χ0n) is 18.3. The Bertz CT molecular complexity index is 1520. The van der Waals surface area contributed by atoms with Gasteiger partial charge in [-0.2, -0.15) is 0 Å². The smallest absolute Gasteiger partial charge is 0.145 e. The van der Waals surface area contributed by atoms with Gasteiger partial charge in [0, 0.05) is 53.5 Å². The first-order valence-electron chi connectivity index (χ1n) is 11.0. The summed E-state index contributed by atoms with van der Waals surface area (Å²) >= 11 is 0. The Morgan fingerprint density at radius 2 is 1.76 bits per heavy atom. The van der Waals surface area contributed by atoms with Crippen molar-refractivity contribution in [1.82, 2.24) is 24.1 Å². The Morgan fingerprint density at radius 1 is 0.848 bits per heavy atom. The van der Waals surface area contributed by atoms with Crippen LogP contribution >= 0.6 is 0 Å². The van der Waals surface area contributed by atoms with Gasteiger partial charge in [0.15, 0.2) is 0 Å². The second-order valence-corrected chi connectivity index (χ2v) is 8.09. The minimum Gasteiger partial charge on any atom is -0.301 e. The van der Waals surface area contributed by atoms with Gasteiger partial charge >= 0.3 is 0 Å². The van der Waals surface area contributed by atoms with Gasteiger partial charge in [-0.05, 0) is 61.5 Å². The topological polar surface area (TPSA) is 60.9 Å². The Morgan fingerprint density at radius 3 is 2.58 bits per heavy atom. The maximum Gasteiger partial charge on any atom is 0.145 e. The van der Waals surface area contributed by atoms with Crippen LogP contribution in [0.5, 0.6) is 0 Å². The maximum atomic E-state index is 5.01. The fourth-order valence-electron chi connectivity index (χ4n) is 4.23. The van der Waals surface area contributed by atoms with E-state index in [-0.39, 0.29) is 0 Å². The maximum absolute atomic E-state index is 5.01. The summed E-state index contributed by atoms with van der Waals surface area (Å²) in [6.45, 7) is 2.71. The molecule has 0 fully saturated rings. The largest absolute Gasteiger partial charge is 0.301 e. The van der Waals surface area contributed by atoms with Gasteiger partial charge in [0.1, 0.15) is 17.2 Å². The molecule has 0 N–H and O–H groups in total. The summed E-state index contributed by atoms with van der Waals surface area (Å²) < 4.78 is 4.23. The summed E-state index contributed by atoms with van der Waals surface area (Å²) in [5.74, 6) is 0.884. The lowest BCUT2D eigenvalue weighted by molar-refractivity contribution is 1.04. The number of rotatable bonds is 4. The number of aromatic nitrogens is 5. The number of allylic oxidation sites excluding steroid dienone is 1. The summed E-state index contributed by atoms with van der Waals surface area (Å²) in [7, 11) is 0. The predicted octanol–water partition coefficient (Wildman–Crippen LogP) is 5.33. The molecule has 160 valence electrons. The van der Waals surface area contributed by atoms with Crippen LogP contribution in [0, 0.1) is 6.92 Å². The summed E-state index contributed by atoms with van der Waals surface area (Å²) in [5, 5.41) is 1.12. The average Bonchev–Trinajstić information content (AvgIpc) is 3.50. The highest BCUT2D eigenvalue weighted by Gasteiger charge is 2.16. The molecule has 4 aromatic heterocycles. The number of aryl methyl sites for hydroxylation is 1. The van der Waals surface area contributed by atoms with E-state index in [0.717, 1.165) is 57.3 Å². The molecule has 0 saturated carbocycles. The molecule has 1 aliphatic rings. The normalized spacial score (nSPS) is 13.4. The SMILES string of the molecule is Cc1cc(-n2cc(C3=NCC=CC3)nc2-c2ccc(-n3ccc4cccnc43)cc2)ccn1. The fraction of sp³-hybridized carbons (Fsp3) is 0.111. The molecule has 0 atom stereocenters. The molecule has 0 spiro atoms. The van der Waals surface area contributed by atoms with Gasteiger partial charge in [-0.3, -0.25) is 14.5 Å². The molecule has 5 aromatic rings. The number of benzene rings is 1. The molecule has 0 unspecified atom stereocenters. The van der Waals surface area contributed by atoms with Crippen molar-refractivity contribution in [3.63, 3.8) is 0 Å². The van der Waals surface area contributed by atoms with Gasteiger partial charge in [-0.25, -0.2) is 9.97 Å². The Labute approximate surface area is 191 Å². The molecule has 0 amide bonds. The molecule has 0 radical (unpaired) electrons. The van der Waals surface area contributed by atoms with E-state index in [9.17, 15) is 0 Å². The Balaban J connectivity index is 1.44. The highest BCUT2D eigenvalue weighted by molar-refractivity contribution is 6.00. The minimum absolute atomic E-state index is 0.708. The van der Waals surface area contributed by atoms with E-state index in [1.54, 1.807) is 0 Å². The van der Waals surface area contributed by atoms with E-state index in [2.05, 4.69) is 91.1 Å². The van der Waals surface area contributed by atoms with Crippen molar-refractivity contribution in [3.05, 3.63) is 103 Å². The van der Waals surface area contributed by atoms with E-state index in [1.165, 1.54) is 0 Å². The van der Waals surface area contributed by atoms with E-state index in [1.807, 2.05) is 31.5 Å². The van der Waals surface area contributed by atoms with Crippen LogP contribution in [-0.2, 0) is 0 Å². The second kappa shape index (κ2) is 7.98. The van der Waals surface area contributed by atoms with Gasteiger partial charge in [0.2, 0.25) is 0 Å². The molecule has 5 heterocycles. The van der Waals surface area contributed by atoms with Crippen molar-refractivity contribution in [2.24, 2.45) is 4.99 Å². The minimum atomic E-state index is 0.708. The second-order valence-electron chi connectivity index (χ2n) is 8.09. The Kier molecular flexibility index (Phi) is 4.69. The number of imidazole rings is 1. The first kappa shape index (κ1) is 19.4. The van der Waals surface area contributed by atoms with Crippen LogP contribution in [-0.4, -0.2) is 36.3 Å². The van der Waals surface area contributed by atoms with E-state index < -0.39 is 0 Å². The van der Waals surface area contributed by atoms with Crippen molar-refractivity contribution in [1.29, 1.82) is 0 Å². The summed E-state index contributed by atoms with van der Waals surface area (Å²) in [6, 6.07) is 18.7. The predicted molar refractivity (Wildman–Crippen MR) is 131 cm³/mol. The van der Waals surface area contributed by atoms with Crippen LogP contribution in [0.3, 0.4) is 0 Å². The van der Waals surface area contributed by atoms with Gasteiger partial charge in [-0.1, -0.05) is 12.2 Å². The van der Waals surface area contributed by atoms with Gasteiger partial charge in [0.25, 0.3) is 0 Å². The first-order chi connectivity index (χ1) is 16.3. The highest BCUT2D eigenvalue weighted by Crippen LogP contribution is 2.27. The lowest BCUT2D eigenvalue weighted by Gasteiger charge is -2.10. The van der Waals surface area contributed by atoms with E-state index >= 15 is 0 Å². The third-order valence-corrected chi connectivity index (χ3v) is 5.88. The monoisotopic (exact) mass is 430 g/mol. The number of aliphatic imine (C=N–C) groups is 1. The average molecular weight is 431 g/mol. The van der Waals surface area contributed by atoms with Crippen LogP contribution in [0.25, 0.3) is 33.8 Å². The molecule has 0 bridgehead atoms. The summed E-state index contributed by atoms with van der Waals surface area (Å²) in [6.07, 6.45) is 12.8. The molecule has 6 rings (SSSR count). The van der Waals surface area contributed by atoms with E-state index in [4.69, 9.17) is 4.98 Å². The quantitative estimate of drug-likeness (QED) is 0.362. The number of hydrogen-bond donors (Lipinski definition) is 0. The van der Waals surface area contributed by atoms with Crippen molar-refractivity contribution in [3.8, 4) is 22.8 Å². The Hall–Kier alpha value is -4.32. The van der Waals surface area contributed by atoms with Crippen molar-refractivity contribution < 1.29 is 0 Å². The zero-order valence-corrected chi connectivity index (χ0v) is 18.3. The standard InChI is InChI=1S/C27H22N6/c1-19-17-23(11-15-28-19)33-18-25(24-6-2-3-13-29-24)31-27(33)21-7-9-22(10-8-21)32-16-12-20-5-4-14-30-26(20)32/h2-5,7-12,14-18H,6,13H2,1H3. The van der Waals surface area contributed by atoms with Crippen LogP contribution in [0.15, 0.2) is 96.5 Å². The van der Waals surface area contributed by atoms with Crippen molar-refractivity contribution in [2.75, 3.05) is 6.54 Å². The van der Waals surface area contributed by atoms with Crippen LogP contribution < -0.4 is 0 Å². The number of pyridine rings is 2. The molecule has 33 heavy (non-hydrogen) atoms. The molecule has 1 aliphatic heterocycles. The van der Waals surface area contributed by atoms with Gasteiger partial charge in [-0.15, -0.1) is 0 Å². The molecule has 6 nitrogen and oxygen atoms in total. The number of dihydropyridines is 1. The third kappa shape index (κ3) is 3.55. The van der Waals surface area contributed by atoms with Crippen molar-refractivity contribution >= 4 is 16.7 Å². The van der Waals surface area contributed by atoms with Crippen molar-refractivity contribution in [2.45, 2.75) is 13.3 Å². The fourth-order valence-corrected chi connectivity index (χ4v) is 4.23. The number of nitrogens with zero attached hydrogens (tertiary/aromatic N) is 6. The molecule has 1 aromatic carbocycles. The molecular weight excluding hydrogens is 408 g/mol. The molecule has 0 saturated heterocycles. The van der Waals surface area contributed by atoms with E-state index in [0.29, 0.717) is 6.54 Å². The van der Waals surface area contributed by atoms with Crippen LogP contribution in [0.4, 0.5) is 0 Å². The number of hydrogen-bond acceptors (Lipinski definition) is 4. The molecular formula is C27H22N6. The van der Waals surface area contributed by atoms with Gasteiger partial charge in [0.05, 0.1) is 17.9 Å². The lowest BCUT2D eigenvalue weighted by atomic mass is 10.1. The van der Waals surface area contributed by atoms with Crippen LogP contribution in [0.2, 0.25) is 0 Å².